The molecule has 49 heavy (non-hydrogen) atoms. The van der Waals surface area contributed by atoms with E-state index < -0.39 is 85.4 Å². The van der Waals surface area contributed by atoms with Gasteiger partial charge in [0, 0.05) is 40.0 Å². The number of benzene rings is 2. The summed E-state index contributed by atoms with van der Waals surface area (Å²) in [6, 6.07) is 13.7. The van der Waals surface area contributed by atoms with Gasteiger partial charge in [0.1, 0.15) is 25.4 Å². The molecule has 3 N–H and O–H groups in total. The Balaban J connectivity index is 1.36. The summed E-state index contributed by atoms with van der Waals surface area (Å²) in [5, 5.41) is 15.9. The summed E-state index contributed by atoms with van der Waals surface area (Å²) < 4.78 is 35.0. The summed E-state index contributed by atoms with van der Waals surface area (Å²) in [4.78, 5) is 61.9. The lowest BCUT2D eigenvalue weighted by Crippen LogP contribution is -2.74. The van der Waals surface area contributed by atoms with Crippen molar-refractivity contribution >= 4 is 29.9 Å². The second-order valence-corrected chi connectivity index (χ2v) is 12.4. The minimum absolute atomic E-state index is 0.0562. The molecule has 2 amide bonds. The average Bonchev–Trinajstić information content (AvgIpc) is 3.38. The molecule has 2 aromatic rings. The molecule has 1 aliphatic carbocycles. The van der Waals surface area contributed by atoms with Crippen LogP contribution in [-0.4, -0.2) is 97.1 Å². The highest BCUT2D eigenvalue weighted by atomic mass is 16.7. The van der Waals surface area contributed by atoms with Crippen LogP contribution >= 0.6 is 0 Å². The van der Waals surface area contributed by atoms with Crippen molar-refractivity contribution in [2.45, 2.75) is 95.2 Å². The average molecular weight is 683 g/mol. The molecule has 264 valence electrons. The fourth-order valence-corrected chi connectivity index (χ4v) is 7.02. The first-order valence-electron chi connectivity index (χ1n) is 16.2. The Bertz CT molecular complexity index is 1520. The van der Waals surface area contributed by atoms with Crippen molar-refractivity contribution in [1.82, 2.24) is 10.6 Å². The van der Waals surface area contributed by atoms with Crippen molar-refractivity contribution in [1.29, 1.82) is 0 Å². The van der Waals surface area contributed by atoms with Crippen LogP contribution in [0.25, 0.3) is 11.1 Å². The summed E-state index contributed by atoms with van der Waals surface area (Å²) in [6.07, 6.45) is -4.47. The number of carbonyl (C=O) groups is 5. The van der Waals surface area contributed by atoms with E-state index in [2.05, 4.69) is 10.6 Å². The number of carbonyl (C=O) groups excluding carboxylic acids is 5. The standard InChI is InChI=1S/C35H42N2O12/c1-19(39)36-33-32(47-22(4)42)31(46-21(3)41)30(18-44-20(2)40)49-35(33)15-9-14-29(48-35)28(16-38)37-34(43)45-17-27-25-12-7-5-10-23(25)24-11-6-8-13-26(24)27/h5-8,10-13,27-33,38H,9,14-18H2,1-4H3,(H,36,39)(H,37,43)/t28-,29+,30-,31+,32+,33-,35+/m1/s1. The number of aliphatic hydroxyl groups is 1. The number of hydrogen-bond acceptors (Lipinski definition) is 12. The predicted octanol–water partition coefficient (Wildman–Crippen LogP) is 2.48. The molecule has 7 atom stereocenters. The minimum atomic E-state index is -1.72. The number of esters is 3. The molecule has 0 saturated carbocycles. The van der Waals surface area contributed by atoms with E-state index in [-0.39, 0.29) is 18.9 Å². The molecule has 14 nitrogen and oxygen atoms in total. The van der Waals surface area contributed by atoms with Gasteiger partial charge in [0.25, 0.3) is 0 Å². The molecule has 0 bridgehead atoms. The molecule has 2 saturated heterocycles. The molecule has 0 radical (unpaired) electrons. The van der Waals surface area contributed by atoms with Gasteiger partial charge >= 0.3 is 24.0 Å². The number of amides is 2. The first-order chi connectivity index (χ1) is 23.4. The number of fused-ring (bicyclic) bond motifs is 3. The summed E-state index contributed by atoms with van der Waals surface area (Å²) in [6.45, 7) is 3.88. The number of hydrogen-bond donors (Lipinski definition) is 3. The van der Waals surface area contributed by atoms with Crippen LogP contribution in [0.15, 0.2) is 48.5 Å². The van der Waals surface area contributed by atoms with Crippen molar-refractivity contribution < 1.29 is 57.5 Å². The van der Waals surface area contributed by atoms with Gasteiger partial charge in [-0.2, -0.15) is 0 Å². The molecule has 2 aromatic carbocycles. The van der Waals surface area contributed by atoms with E-state index in [0.29, 0.717) is 12.8 Å². The van der Waals surface area contributed by atoms with E-state index in [1.54, 1.807) is 0 Å². The van der Waals surface area contributed by atoms with Gasteiger partial charge < -0.3 is 44.2 Å². The summed E-state index contributed by atoms with van der Waals surface area (Å²) >= 11 is 0. The quantitative estimate of drug-likeness (QED) is 0.246. The van der Waals surface area contributed by atoms with E-state index >= 15 is 0 Å². The Labute approximate surface area is 283 Å². The van der Waals surface area contributed by atoms with Crippen molar-refractivity contribution in [2.75, 3.05) is 19.8 Å². The van der Waals surface area contributed by atoms with Gasteiger partial charge in [-0.05, 0) is 35.1 Å². The highest BCUT2D eigenvalue weighted by Gasteiger charge is 2.61. The number of nitrogens with one attached hydrogen (secondary N) is 2. The molecule has 1 spiro atoms. The Hall–Kier alpha value is -4.53. The zero-order valence-corrected chi connectivity index (χ0v) is 27.8. The van der Waals surface area contributed by atoms with Crippen LogP contribution in [0, 0.1) is 0 Å². The highest BCUT2D eigenvalue weighted by Crippen LogP contribution is 2.45. The zero-order valence-electron chi connectivity index (χ0n) is 27.8. The lowest BCUT2D eigenvalue weighted by molar-refractivity contribution is -0.363. The van der Waals surface area contributed by atoms with Crippen LogP contribution in [0.4, 0.5) is 4.79 Å². The van der Waals surface area contributed by atoms with Gasteiger partial charge in [-0.3, -0.25) is 19.2 Å². The Morgan fingerprint density at radius 3 is 2.02 bits per heavy atom. The van der Waals surface area contributed by atoms with Crippen molar-refractivity contribution in [3.05, 3.63) is 59.7 Å². The molecule has 0 unspecified atom stereocenters. The monoisotopic (exact) mass is 682 g/mol. The topological polar surface area (TPSA) is 185 Å². The van der Waals surface area contributed by atoms with Gasteiger partial charge in [0.15, 0.2) is 18.0 Å². The molecule has 2 aliphatic heterocycles. The third-order valence-electron chi connectivity index (χ3n) is 8.91. The fraction of sp³-hybridized carbons (Fsp3) is 0.514. The van der Waals surface area contributed by atoms with Crippen LogP contribution in [0.3, 0.4) is 0 Å². The molecule has 2 fully saturated rings. The maximum atomic E-state index is 13.2. The number of alkyl carbamates (subject to hydrolysis) is 1. The predicted molar refractivity (Wildman–Crippen MR) is 171 cm³/mol. The van der Waals surface area contributed by atoms with E-state index in [1.807, 2.05) is 48.5 Å². The van der Waals surface area contributed by atoms with E-state index in [9.17, 15) is 29.1 Å². The minimum Gasteiger partial charge on any atom is -0.463 e. The highest BCUT2D eigenvalue weighted by molar-refractivity contribution is 5.79. The number of ether oxygens (including phenoxy) is 6. The van der Waals surface area contributed by atoms with Crippen LogP contribution in [-0.2, 0) is 47.6 Å². The molecular formula is C35H42N2O12. The van der Waals surface area contributed by atoms with Crippen molar-refractivity contribution in [3.8, 4) is 11.1 Å². The molecular weight excluding hydrogens is 640 g/mol. The smallest absolute Gasteiger partial charge is 0.407 e. The first-order valence-corrected chi connectivity index (χ1v) is 16.2. The SMILES string of the molecule is CC(=O)N[C@@H]1[C@@H](OC(C)=O)[C@@H](OC(C)=O)[C@@H](COC(C)=O)O[C@@]12CCC[C@@H]([C@@H](CO)NC(=O)OCC1c3ccccc3-c3ccccc31)O2. The molecule has 5 rings (SSSR count). The van der Waals surface area contributed by atoms with E-state index in [0.717, 1.165) is 36.1 Å². The molecule has 0 aromatic heterocycles. The second kappa shape index (κ2) is 15.3. The summed E-state index contributed by atoms with van der Waals surface area (Å²) in [7, 11) is 0. The molecule has 3 aliphatic rings. The van der Waals surface area contributed by atoms with Crippen molar-refractivity contribution in [2.24, 2.45) is 0 Å². The molecule has 14 heteroatoms. The maximum absolute atomic E-state index is 13.2. The number of rotatable bonds is 10. The van der Waals surface area contributed by atoms with E-state index in [1.165, 1.54) is 13.8 Å². The lowest BCUT2D eigenvalue weighted by atomic mass is 9.84. The fourth-order valence-electron chi connectivity index (χ4n) is 7.02. The molecule has 2 heterocycles. The first kappa shape index (κ1) is 35.8. The summed E-state index contributed by atoms with van der Waals surface area (Å²) in [5.41, 5.74) is 4.25. The normalized spacial score (nSPS) is 26.4. The van der Waals surface area contributed by atoms with Gasteiger partial charge in [0.05, 0.1) is 18.8 Å². The van der Waals surface area contributed by atoms with Crippen LogP contribution < -0.4 is 10.6 Å². The van der Waals surface area contributed by atoms with Gasteiger partial charge in [-0.15, -0.1) is 0 Å². The third-order valence-corrected chi connectivity index (χ3v) is 8.91. The van der Waals surface area contributed by atoms with Crippen LogP contribution in [0.5, 0.6) is 0 Å². The second-order valence-electron chi connectivity index (χ2n) is 12.4. The van der Waals surface area contributed by atoms with Gasteiger partial charge in [0.2, 0.25) is 5.91 Å². The van der Waals surface area contributed by atoms with Crippen LogP contribution in [0.1, 0.15) is 64.0 Å². The Kier molecular flexibility index (Phi) is 11.2. The van der Waals surface area contributed by atoms with E-state index in [4.69, 9.17) is 28.4 Å². The lowest BCUT2D eigenvalue weighted by Gasteiger charge is -2.54. The van der Waals surface area contributed by atoms with Crippen molar-refractivity contribution in [3.63, 3.8) is 0 Å². The third kappa shape index (κ3) is 8.03. The maximum Gasteiger partial charge on any atom is 0.407 e. The number of aliphatic hydroxyl groups excluding tert-OH is 1. The van der Waals surface area contributed by atoms with Gasteiger partial charge in [-0.1, -0.05) is 48.5 Å². The Morgan fingerprint density at radius 2 is 1.45 bits per heavy atom. The van der Waals surface area contributed by atoms with Gasteiger partial charge in [-0.25, -0.2) is 4.79 Å². The largest absolute Gasteiger partial charge is 0.463 e. The Morgan fingerprint density at radius 1 is 0.837 bits per heavy atom. The van der Waals surface area contributed by atoms with Crippen LogP contribution in [0.2, 0.25) is 0 Å². The zero-order chi connectivity index (χ0) is 35.3. The summed E-state index contributed by atoms with van der Waals surface area (Å²) in [5.74, 6) is -4.52.